The molecule has 0 aliphatic carbocycles. The summed E-state index contributed by atoms with van der Waals surface area (Å²) in [5.74, 6) is 4.30. The summed E-state index contributed by atoms with van der Waals surface area (Å²) in [5.41, 5.74) is 3.04. The van der Waals surface area contributed by atoms with Crippen LogP contribution >= 0.6 is 0 Å². The first-order valence-electron chi connectivity index (χ1n) is 5.02. The van der Waals surface area contributed by atoms with E-state index in [9.17, 15) is 9.59 Å². The number of aryl methyl sites for hydroxylation is 1. The van der Waals surface area contributed by atoms with Crippen molar-refractivity contribution in [3.63, 3.8) is 0 Å². The van der Waals surface area contributed by atoms with Gasteiger partial charge in [-0.25, -0.2) is 5.84 Å². The SMILES string of the molecule is NNC(=O)CNC(=O)CCc1ccccc1. The number of nitrogens with two attached hydrogens (primary N) is 1. The first-order valence-corrected chi connectivity index (χ1v) is 5.02. The van der Waals surface area contributed by atoms with E-state index in [0.717, 1.165) is 5.56 Å². The third-order valence-corrected chi connectivity index (χ3v) is 2.09. The van der Waals surface area contributed by atoms with Crippen LogP contribution in [0.5, 0.6) is 0 Å². The normalized spacial score (nSPS) is 9.56. The third-order valence-electron chi connectivity index (χ3n) is 2.09. The van der Waals surface area contributed by atoms with Crippen molar-refractivity contribution < 1.29 is 9.59 Å². The van der Waals surface area contributed by atoms with Crippen LogP contribution in [0.3, 0.4) is 0 Å². The zero-order valence-electron chi connectivity index (χ0n) is 8.90. The molecule has 2 amide bonds. The summed E-state index contributed by atoms with van der Waals surface area (Å²) in [6.07, 6.45) is 1.03. The highest BCUT2D eigenvalue weighted by Gasteiger charge is 2.04. The van der Waals surface area contributed by atoms with Crippen molar-refractivity contribution in [3.05, 3.63) is 35.9 Å². The summed E-state index contributed by atoms with van der Waals surface area (Å²) >= 11 is 0. The van der Waals surface area contributed by atoms with E-state index in [1.54, 1.807) is 0 Å². The van der Waals surface area contributed by atoms with E-state index >= 15 is 0 Å². The molecule has 0 bridgehead atoms. The van der Waals surface area contributed by atoms with Gasteiger partial charge in [0.1, 0.15) is 0 Å². The first-order chi connectivity index (χ1) is 7.72. The second kappa shape index (κ2) is 6.58. The number of nitrogens with one attached hydrogen (secondary N) is 2. The lowest BCUT2D eigenvalue weighted by Gasteiger charge is -2.04. The van der Waals surface area contributed by atoms with Gasteiger partial charge in [0.05, 0.1) is 6.54 Å². The Balaban J connectivity index is 2.23. The molecule has 0 saturated heterocycles. The molecule has 0 spiro atoms. The van der Waals surface area contributed by atoms with Crippen LogP contribution in [0.25, 0.3) is 0 Å². The van der Waals surface area contributed by atoms with Gasteiger partial charge in [-0.2, -0.15) is 0 Å². The van der Waals surface area contributed by atoms with Gasteiger partial charge in [0.25, 0.3) is 5.91 Å². The summed E-state index contributed by atoms with van der Waals surface area (Å²) in [4.78, 5) is 22.0. The molecule has 1 rings (SSSR count). The van der Waals surface area contributed by atoms with Crippen molar-refractivity contribution in [3.8, 4) is 0 Å². The maximum Gasteiger partial charge on any atom is 0.253 e. The lowest BCUT2D eigenvalue weighted by Crippen LogP contribution is -2.40. The Kier molecular flexibility index (Phi) is 5.01. The van der Waals surface area contributed by atoms with Crippen molar-refractivity contribution in [1.82, 2.24) is 10.7 Å². The van der Waals surface area contributed by atoms with Crippen LogP contribution in [0.4, 0.5) is 0 Å². The fourth-order valence-corrected chi connectivity index (χ4v) is 1.22. The molecule has 0 unspecified atom stereocenters. The largest absolute Gasteiger partial charge is 0.347 e. The Morgan fingerprint density at radius 3 is 2.44 bits per heavy atom. The minimum Gasteiger partial charge on any atom is -0.347 e. The van der Waals surface area contributed by atoms with Crippen LogP contribution in [0.1, 0.15) is 12.0 Å². The second-order valence-corrected chi connectivity index (χ2v) is 3.33. The van der Waals surface area contributed by atoms with Gasteiger partial charge < -0.3 is 5.32 Å². The van der Waals surface area contributed by atoms with E-state index in [0.29, 0.717) is 12.8 Å². The molecule has 0 fully saturated rings. The van der Waals surface area contributed by atoms with Gasteiger partial charge in [0.2, 0.25) is 5.91 Å². The monoisotopic (exact) mass is 221 g/mol. The number of rotatable bonds is 5. The van der Waals surface area contributed by atoms with Crippen molar-refractivity contribution in [2.75, 3.05) is 6.54 Å². The molecule has 5 heteroatoms. The highest BCUT2D eigenvalue weighted by Crippen LogP contribution is 2.01. The van der Waals surface area contributed by atoms with Crippen LogP contribution in [0.2, 0.25) is 0 Å². The number of hydrogen-bond acceptors (Lipinski definition) is 3. The fraction of sp³-hybridized carbons (Fsp3) is 0.273. The Morgan fingerprint density at radius 2 is 1.81 bits per heavy atom. The molecule has 0 atom stereocenters. The van der Waals surface area contributed by atoms with Crippen LogP contribution in [-0.2, 0) is 16.0 Å². The number of carbonyl (C=O) groups excluding carboxylic acids is 2. The van der Waals surface area contributed by atoms with E-state index in [1.165, 1.54) is 0 Å². The summed E-state index contributed by atoms with van der Waals surface area (Å²) in [7, 11) is 0. The van der Waals surface area contributed by atoms with Gasteiger partial charge in [-0.1, -0.05) is 30.3 Å². The molecular weight excluding hydrogens is 206 g/mol. The molecule has 0 saturated carbocycles. The van der Waals surface area contributed by atoms with Gasteiger partial charge in [-0.05, 0) is 12.0 Å². The van der Waals surface area contributed by atoms with Gasteiger partial charge in [0.15, 0.2) is 0 Å². The van der Waals surface area contributed by atoms with Crippen LogP contribution in [0.15, 0.2) is 30.3 Å². The predicted molar refractivity (Wildman–Crippen MR) is 60.1 cm³/mol. The Labute approximate surface area is 94.0 Å². The van der Waals surface area contributed by atoms with Crippen molar-refractivity contribution in [2.45, 2.75) is 12.8 Å². The Bertz CT molecular complexity index is 352. The van der Waals surface area contributed by atoms with Gasteiger partial charge in [-0.15, -0.1) is 0 Å². The number of carbonyl (C=O) groups is 2. The van der Waals surface area contributed by atoms with Crippen molar-refractivity contribution in [2.24, 2.45) is 5.84 Å². The molecule has 86 valence electrons. The Hall–Kier alpha value is -1.88. The summed E-state index contributed by atoms with van der Waals surface area (Å²) in [6.45, 7) is -0.0792. The lowest BCUT2D eigenvalue weighted by atomic mass is 10.1. The average molecular weight is 221 g/mol. The smallest absolute Gasteiger partial charge is 0.253 e. The minimum absolute atomic E-state index is 0.0792. The maximum atomic E-state index is 11.3. The summed E-state index contributed by atoms with van der Waals surface area (Å²) in [6, 6.07) is 9.69. The van der Waals surface area contributed by atoms with Gasteiger partial charge in [-0.3, -0.25) is 15.0 Å². The van der Waals surface area contributed by atoms with E-state index < -0.39 is 5.91 Å². The third kappa shape index (κ3) is 4.56. The molecule has 0 aliphatic rings. The van der Waals surface area contributed by atoms with E-state index in [-0.39, 0.29) is 12.5 Å². The van der Waals surface area contributed by atoms with Crippen LogP contribution in [0, 0.1) is 0 Å². The van der Waals surface area contributed by atoms with E-state index in [2.05, 4.69) is 5.32 Å². The van der Waals surface area contributed by atoms with Gasteiger partial charge >= 0.3 is 0 Å². The molecule has 0 heterocycles. The minimum atomic E-state index is -0.409. The number of hydrogen-bond donors (Lipinski definition) is 3. The fourth-order valence-electron chi connectivity index (χ4n) is 1.22. The molecule has 0 radical (unpaired) electrons. The van der Waals surface area contributed by atoms with E-state index in [1.807, 2.05) is 35.8 Å². The zero-order valence-corrected chi connectivity index (χ0v) is 8.90. The topological polar surface area (TPSA) is 84.2 Å². The number of amides is 2. The second-order valence-electron chi connectivity index (χ2n) is 3.33. The van der Waals surface area contributed by atoms with Crippen molar-refractivity contribution in [1.29, 1.82) is 0 Å². The molecular formula is C11H15N3O2. The van der Waals surface area contributed by atoms with Crippen LogP contribution < -0.4 is 16.6 Å². The Morgan fingerprint density at radius 1 is 1.12 bits per heavy atom. The summed E-state index contributed by atoms with van der Waals surface area (Å²) < 4.78 is 0. The highest BCUT2D eigenvalue weighted by atomic mass is 16.2. The molecule has 4 N–H and O–H groups in total. The molecule has 5 nitrogen and oxygen atoms in total. The highest BCUT2D eigenvalue weighted by molar-refractivity contribution is 5.84. The van der Waals surface area contributed by atoms with Crippen molar-refractivity contribution >= 4 is 11.8 Å². The molecule has 0 aromatic heterocycles. The lowest BCUT2D eigenvalue weighted by molar-refractivity contribution is -0.126. The zero-order chi connectivity index (χ0) is 11.8. The number of benzene rings is 1. The maximum absolute atomic E-state index is 11.3. The first kappa shape index (κ1) is 12.2. The predicted octanol–water partition coefficient (Wildman–Crippen LogP) is -0.275. The average Bonchev–Trinajstić information content (AvgIpc) is 2.34. The quantitative estimate of drug-likeness (QED) is 0.363. The molecule has 1 aromatic carbocycles. The summed E-state index contributed by atoms with van der Waals surface area (Å²) in [5, 5.41) is 2.47. The number of hydrazine groups is 1. The van der Waals surface area contributed by atoms with Gasteiger partial charge in [0, 0.05) is 6.42 Å². The molecule has 0 aliphatic heterocycles. The molecule has 16 heavy (non-hydrogen) atoms. The standard InChI is InChI=1S/C11H15N3O2/c12-14-11(16)8-13-10(15)7-6-9-4-2-1-3-5-9/h1-5H,6-8,12H2,(H,13,15)(H,14,16). The molecule has 1 aromatic rings. The van der Waals surface area contributed by atoms with Crippen LogP contribution in [-0.4, -0.2) is 18.4 Å². The van der Waals surface area contributed by atoms with E-state index in [4.69, 9.17) is 5.84 Å².